The Labute approximate surface area is 184 Å². The number of primary amides is 1. The van der Waals surface area contributed by atoms with Gasteiger partial charge in [-0.2, -0.15) is 23.5 Å². The van der Waals surface area contributed by atoms with Crippen LogP contribution in [0.2, 0.25) is 5.02 Å². The summed E-state index contributed by atoms with van der Waals surface area (Å²) in [5.41, 5.74) is 4.51. The zero-order valence-electron chi connectivity index (χ0n) is 15.8. The second-order valence-corrected chi connectivity index (χ2v) is 8.56. The predicted molar refractivity (Wildman–Crippen MR) is 107 cm³/mol. The van der Waals surface area contributed by atoms with Crippen LogP contribution in [0.1, 0.15) is 28.2 Å². The summed E-state index contributed by atoms with van der Waals surface area (Å²) in [6, 6.07) is 9.43. The Morgan fingerprint density at radius 3 is 2.44 bits per heavy atom. The molecule has 1 amide bonds. The quantitative estimate of drug-likeness (QED) is 0.573. The summed E-state index contributed by atoms with van der Waals surface area (Å²) < 4.78 is 63.9. The number of hydrogen-bond donors (Lipinski definition) is 2. The highest BCUT2D eigenvalue weighted by Crippen LogP contribution is 2.34. The number of nitrogens with two attached hydrogens (primary N) is 2. The number of benzene rings is 2. The fourth-order valence-electron chi connectivity index (χ4n) is 3.06. The number of rotatable bonds is 5. The number of amides is 1. The first-order valence-corrected chi connectivity index (χ1v) is 10.5. The second kappa shape index (κ2) is 8.27. The second-order valence-electron chi connectivity index (χ2n) is 6.63. The van der Waals surface area contributed by atoms with Crippen molar-refractivity contribution in [1.82, 2.24) is 9.78 Å². The molecule has 32 heavy (non-hydrogen) atoms. The van der Waals surface area contributed by atoms with Gasteiger partial charge in [-0.3, -0.25) is 4.79 Å². The Kier molecular flexibility index (Phi) is 6.01. The number of nitriles is 1. The summed E-state index contributed by atoms with van der Waals surface area (Å²) >= 11 is 6.16. The van der Waals surface area contributed by atoms with E-state index < -0.39 is 38.5 Å². The average molecular weight is 484 g/mol. The van der Waals surface area contributed by atoms with Gasteiger partial charge >= 0.3 is 6.18 Å². The van der Waals surface area contributed by atoms with Gasteiger partial charge in [-0.15, -0.1) is 0 Å². The van der Waals surface area contributed by atoms with Crippen LogP contribution < -0.4 is 10.9 Å². The van der Waals surface area contributed by atoms with Gasteiger partial charge in [-0.25, -0.2) is 18.2 Å². The van der Waals surface area contributed by atoms with Gasteiger partial charge in [-0.1, -0.05) is 17.7 Å². The minimum absolute atomic E-state index is 0.0467. The van der Waals surface area contributed by atoms with E-state index in [0.29, 0.717) is 17.1 Å². The van der Waals surface area contributed by atoms with Crippen molar-refractivity contribution in [1.29, 1.82) is 5.26 Å². The monoisotopic (exact) mass is 483 g/mol. The lowest BCUT2D eigenvalue weighted by atomic mass is 9.89. The number of alkyl halides is 3. The van der Waals surface area contributed by atoms with Crippen molar-refractivity contribution in [3.05, 3.63) is 76.1 Å². The molecule has 3 rings (SSSR count). The lowest BCUT2D eigenvalue weighted by molar-refractivity contribution is -0.137. The molecule has 1 unspecified atom stereocenters. The maximum absolute atomic E-state index is 12.9. The summed E-state index contributed by atoms with van der Waals surface area (Å²) in [6.45, 7) is 0. The number of hydrogen-bond acceptors (Lipinski definition) is 5. The number of aromatic nitrogens is 2. The molecule has 0 saturated heterocycles. The standard InChI is InChI=1S/C19H13ClF3N5O3S/c20-14-3-1-10(7-24)5-13(14)17(18(25)29)11-2-4-15(16(6-11)32(26,30)31)28-9-12(8-27-28)19(21,22)23/h1-6,8-9,17H,(H2,25,29)(H2,26,30,31). The smallest absolute Gasteiger partial charge is 0.369 e. The van der Waals surface area contributed by atoms with Gasteiger partial charge < -0.3 is 5.73 Å². The summed E-state index contributed by atoms with van der Waals surface area (Å²) in [4.78, 5) is 11.6. The molecule has 0 saturated carbocycles. The number of nitrogens with zero attached hydrogens (tertiary/aromatic N) is 3. The summed E-state index contributed by atoms with van der Waals surface area (Å²) in [5.74, 6) is -2.18. The Hall–Kier alpha value is -3.40. The van der Waals surface area contributed by atoms with Gasteiger partial charge in [0.1, 0.15) is 4.90 Å². The van der Waals surface area contributed by atoms with Gasteiger partial charge in [-0.05, 0) is 41.5 Å². The first-order valence-electron chi connectivity index (χ1n) is 8.60. The molecular formula is C19H13ClF3N5O3S. The zero-order chi connectivity index (χ0) is 23.8. The lowest BCUT2D eigenvalue weighted by Crippen LogP contribution is -2.24. The van der Waals surface area contributed by atoms with E-state index >= 15 is 0 Å². The molecule has 0 radical (unpaired) electrons. The van der Waals surface area contributed by atoms with E-state index in [1.807, 2.05) is 6.07 Å². The molecule has 1 heterocycles. The van der Waals surface area contributed by atoms with Crippen molar-refractivity contribution in [3.8, 4) is 11.8 Å². The third kappa shape index (κ3) is 4.59. The number of carbonyl (C=O) groups is 1. The lowest BCUT2D eigenvalue weighted by Gasteiger charge is -2.18. The Bertz CT molecular complexity index is 1360. The Morgan fingerprint density at radius 1 is 1.22 bits per heavy atom. The summed E-state index contributed by atoms with van der Waals surface area (Å²) in [5, 5.41) is 18.0. The van der Waals surface area contributed by atoms with Crippen LogP contribution in [-0.2, 0) is 21.0 Å². The molecule has 0 aliphatic rings. The molecule has 3 aromatic rings. The van der Waals surface area contributed by atoms with Crippen molar-refractivity contribution in [2.75, 3.05) is 0 Å². The number of halogens is 4. The third-order valence-corrected chi connectivity index (χ3v) is 5.79. The van der Waals surface area contributed by atoms with E-state index in [9.17, 15) is 26.4 Å². The van der Waals surface area contributed by atoms with Crippen LogP contribution in [0.25, 0.3) is 5.69 Å². The molecule has 8 nitrogen and oxygen atoms in total. The molecular weight excluding hydrogens is 471 g/mol. The highest BCUT2D eigenvalue weighted by atomic mass is 35.5. The molecule has 166 valence electrons. The van der Waals surface area contributed by atoms with Gasteiger partial charge in [0.25, 0.3) is 0 Å². The van der Waals surface area contributed by atoms with E-state index in [-0.39, 0.29) is 27.4 Å². The summed E-state index contributed by atoms with van der Waals surface area (Å²) in [6.07, 6.45) is -3.57. The minimum atomic E-state index is -4.69. The molecule has 13 heteroatoms. The minimum Gasteiger partial charge on any atom is -0.369 e. The Balaban J connectivity index is 2.22. The molecule has 1 atom stereocenters. The number of primary sulfonamides is 1. The van der Waals surface area contributed by atoms with E-state index in [2.05, 4.69) is 5.10 Å². The van der Waals surface area contributed by atoms with E-state index in [0.717, 1.165) is 12.1 Å². The van der Waals surface area contributed by atoms with Gasteiger partial charge in [0.2, 0.25) is 15.9 Å². The van der Waals surface area contributed by atoms with Crippen LogP contribution in [0.3, 0.4) is 0 Å². The van der Waals surface area contributed by atoms with Crippen LogP contribution in [0.15, 0.2) is 53.7 Å². The molecule has 0 spiro atoms. The molecule has 0 fully saturated rings. The first-order chi connectivity index (χ1) is 14.8. The zero-order valence-corrected chi connectivity index (χ0v) is 17.4. The molecule has 0 aliphatic carbocycles. The van der Waals surface area contributed by atoms with Crippen molar-refractivity contribution in [2.24, 2.45) is 10.9 Å². The molecule has 0 bridgehead atoms. The fourth-order valence-corrected chi connectivity index (χ4v) is 4.04. The van der Waals surface area contributed by atoms with Gasteiger partial charge in [0.05, 0.1) is 35.0 Å². The molecule has 2 aromatic carbocycles. The third-order valence-electron chi connectivity index (χ3n) is 4.50. The number of sulfonamides is 1. The topological polar surface area (TPSA) is 145 Å². The van der Waals surface area contributed by atoms with Crippen molar-refractivity contribution < 1.29 is 26.4 Å². The highest BCUT2D eigenvalue weighted by Gasteiger charge is 2.33. The van der Waals surface area contributed by atoms with Crippen LogP contribution in [0.5, 0.6) is 0 Å². The van der Waals surface area contributed by atoms with Crippen molar-refractivity contribution >= 4 is 27.5 Å². The molecule has 4 N–H and O–H groups in total. The first kappa shape index (κ1) is 23.3. The van der Waals surface area contributed by atoms with Crippen molar-refractivity contribution in [3.63, 3.8) is 0 Å². The van der Waals surface area contributed by atoms with Crippen LogP contribution in [0.4, 0.5) is 13.2 Å². The SMILES string of the molecule is N#Cc1ccc(Cl)c(C(C(N)=O)c2ccc(-n3cc(C(F)(F)F)cn3)c(S(N)(=O)=O)c2)c1. The van der Waals surface area contributed by atoms with E-state index in [1.54, 1.807) is 0 Å². The average Bonchev–Trinajstić information content (AvgIpc) is 3.19. The molecule has 0 aliphatic heterocycles. The normalized spacial score (nSPS) is 12.9. The molecule has 1 aromatic heterocycles. The van der Waals surface area contributed by atoms with Crippen LogP contribution in [-0.4, -0.2) is 24.1 Å². The maximum atomic E-state index is 12.9. The fraction of sp³-hybridized carbons (Fsp3) is 0.105. The summed E-state index contributed by atoms with van der Waals surface area (Å²) in [7, 11) is -4.47. The largest absolute Gasteiger partial charge is 0.419 e. The Morgan fingerprint density at radius 2 is 1.91 bits per heavy atom. The van der Waals surface area contributed by atoms with Gasteiger partial charge in [0.15, 0.2) is 0 Å². The van der Waals surface area contributed by atoms with Crippen LogP contribution >= 0.6 is 11.6 Å². The van der Waals surface area contributed by atoms with Gasteiger partial charge in [0, 0.05) is 11.2 Å². The number of carbonyl (C=O) groups excluding carboxylic acids is 1. The van der Waals surface area contributed by atoms with Crippen molar-refractivity contribution in [2.45, 2.75) is 17.0 Å². The highest BCUT2D eigenvalue weighted by molar-refractivity contribution is 7.89. The maximum Gasteiger partial charge on any atom is 0.419 e. The van der Waals surface area contributed by atoms with E-state index in [1.165, 1.54) is 24.3 Å². The van der Waals surface area contributed by atoms with E-state index in [4.69, 9.17) is 27.7 Å². The van der Waals surface area contributed by atoms with Crippen LogP contribution in [0, 0.1) is 11.3 Å². The predicted octanol–water partition coefficient (Wildman–Crippen LogP) is 2.68.